The van der Waals surface area contributed by atoms with Crippen LogP contribution in [0.1, 0.15) is 53.0 Å². The molecule has 3 rings (SSSR count). The van der Waals surface area contributed by atoms with E-state index in [0.29, 0.717) is 17.8 Å². The van der Waals surface area contributed by atoms with Gasteiger partial charge in [0, 0.05) is 44.4 Å². The fourth-order valence-electron chi connectivity index (χ4n) is 3.31. The first-order valence-electron chi connectivity index (χ1n) is 8.17. The number of alkyl halides is 3. The van der Waals surface area contributed by atoms with Crippen molar-refractivity contribution in [2.24, 2.45) is 14.1 Å². The van der Waals surface area contributed by atoms with Crippen LogP contribution in [0.15, 0.2) is 6.20 Å². The molecule has 2 aromatic heterocycles. The molecular weight excluding hydrogens is 351 g/mol. The zero-order valence-electron chi connectivity index (χ0n) is 14.9. The van der Waals surface area contributed by atoms with Gasteiger partial charge in [0.25, 0.3) is 5.91 Å². The number of nitrogens with one attached hydrogen (secondary N) is 1. The van der Waals surface area contributed by atoms with Gasteiger partial charge >= 0.3 is 6.18 Å². The SMILES string of the molecule is C[C@@H]1Cc2c(nn(C)c2C(=O)NCc2cn(C)nc2C(F)(F)F)[C@H](C)O1. The van der Waals surface area contributed by atoms with E-state index in [9.17, 15) is 18.0 Å². The van der Waals surface area contributed by atoms with Crippen molar-refractivity contribution in [2.75, 3.05) is 0 Å². The van der Waals surface area contributed by atoms with Crippen molar-refractivity contribution in [1.29, 1.82) is 0 Å². The fourth-order valence-corrected chi connectivity index (χ4v) is 3.31. The summed E-state index contributed by atoms with van der Waals surface area (Å²) in [5.41, 5.74) is 0.725. The molecule has 0 saturated carbocycles. The first-order valence-corrected chi connectivity index (χ1v) is 8.17. The summed E-state index contributed by atoms with van der Waals surface area (Å²) in [7, 11) is 3.04. The van der Waals surface area contributed by atoms with Gasteiger partial charge in [-0.2, -0.15) is 23.4 Å². The number of fused-ring (bicyclic) bond motifs is 1. The monoisotopic (exact) mass is 371 g/mol. The van der Waals surface area contributed by atoms with Gasteiger partial charge in [-0.1, -0.05) is 0 Å². The first-order chi connectivity index (χ1) is 12.1. The lowest BCUT2D eigenvalue weighted by atomic mass is 9.99. The molecule has 10 heteroatoms. The van der Waals surface area contributed by atoms with Crippen molar-refractivity contribution >= 4 is 5.91 Å². The maximum Gasteiger partial charge on any atom is 0.435 e. The molecular formula is C16H20F3N5O2. The summed E-state index contributed by atoms with van der Waals surface area (Å²) in [6.45, 7) is 3.48. The van der Waals surface area contributed by atoms with Gasteiger partial charge in [0.2, 0.25) is 0 Å². The van der Waals surface area contributed by atoms with Gasteiger partial charge in [-0.3, -0.25) is 14.2 Å². The number of carbonyl (C=O) groups is 1. The number of aromatic nitrogens is 4. The van der Waals surface area contributed by atoms with Gasteiger partial charge in [0.15, 0.2) is 5.69 Å². The van der Waals surface area contributed by atoms with Crippen LogP contribution in [0, 0.1) is 0 Å². The second kappa shape index (κ2) is 6.42. The smallest absolute Gasteiger partial charge is 0.369 e. The average molecular weight is 371 g/mol. The quantitative estimate of drug-likeness (QED) is 0.897. The zero-order chi connectivity index (χ0) is 19.2. The van der Waals surface area contributed by atoms with Crippen molar-refractivity contribution in [3.63, 3.8) is 0 Å². The number of amides is 1. The summed E-state index contributed by atoms with van der Waals surface area (Å²) in [6.07, 6.45) is -3.11. The van der Waals surface area contributed by atoms with E-state index < -0.39 is 17.8 Å². The molecule has 26 heavy (non-hydrogen) atoms. The van der Waals surface area contributed by atoms with Crippen LogP contribution in [0.5, 0.6) is 0 Å². The van der Waals surface area contributed by atoms with E-state index in [0.717, 1.165) is 10.2 Å². The van der Waals surface area contributed by atoms with Gasteiger partial charge in [0.1, 0.15) is 5.69 Å². The second-order valence-electron chi connectivity index (χ2n) is 6.49. The fraction of sp³-hybridized carbons (Fsp3) is 0.562. The van der Waals surface area contributed by atoms with Crippen molar-refractivity contribution in [3.05, 3.63) is 34.4 Å². The predicted molar refractivity (Wildman–Crippen MR) is 85.3 cm³/mol. The van der Waals surface area contributed by atoms with E-state index in [-0.39, 0.29) is 24.3 Å². The summed E-state index contributed by atoms with van der Waals surface area (Å²) < 4.78 is 47.3. The Kier molecular flexibility index (Phi) is 4.55. The Hall–Kier alpha value is -2.36. The van der Waals surface area contributed by atoms with Crippen LogP contribution in [0.4, 0.5) is 13.2 Å². The topological polar surface area (TPSA) is 74.0 Å². The van der Waals surface area contributed by atoms with Crippen molar-refractivity contribution in [1.82, 2.24) is 24.9 Å². The van der Waals surface area contributed by atoms with Crippen LogP contribution in [0.2, 0.25) is 0 Å². The Morgan fingerprint density at radius 3 is 2.69 bits per heavy atom. The third-order valence-electron chi connectivity index (χ3n) is 4.32. The molecule has 1 amide bonds. The van der Waals surface area contributed by atoms with Gasteiger partial charge in [-0.05, 0) is 13.8 Å². The molecule has 0 unspecified atom stereocenters. The zero-order valence-corrected chi connectivity index (χ0v) is 14.9. The van der Waals surface area contributed by atoms with E-state index >= 15 is 0 Å². The summed E-state index contributed by atoms with van der Waals surface area (Å²) in [5.74, 6) is -0.473. The van der Waals surface area contributed by atoms with Gasteiger partial charge in [-0.15, -0.1) is 0 Å². The van der Waals surface area contributed by atoms with Crippen LogP contribution in [-0.2, 0) is 38.0 Å². The molecule has 142 valence electrons. The molecule has 0 bridgehead atoms. The normalized spacial score (nSPS) is 20.1. The van der Waals surface area contributed by atoms with E-state index in [1.165, 1.54) is 17.9 Å². The third-order valence-corrected chi connectivity index (χ3v) is 4.32. The molecule has 0 spiro atoms. The van der Waals surface area contributed by atoms with E-state index in [2.05, 4.69) is 15.5 Å². The Morgan fingerprint density at radius 2 is 2.04 bits per heavy atom. The lowest BCUT2D eigenvalue weighted by Crippen LogP contribution is -2.29. The maximum atomic E-state index is 13.0. The summed E-state index contributed by atoms with van der Waals surface area (Å²) in [6, 6.07) is 0. The average Bonchev–Trinajstić information content (AvgIpc) is 3.04. The molecule has 0 saturated heterocycles. The Morgan fingerprint density at radius 1 is 1.35 bits per heavy atom. The summed E-state index contributed by atoms with van der Waals surface area (Å²) in [4.78, 5) is 12.6. The molecule has 3 heterocycles. The predicted octanol–water partition coefficient (Wildman–Crippen LogP) is 2.12. The largest absolute Gasteiger partial charge is 0.435 e. The minimum atomic E-state index is -4.57. The Bertz CT molecular complexity index is 840. The van der Waals surface area contributed by atoms with Gasteiger partial charge in [0.05, 0.1) is 17.9 Å². The van der Waals surface area contributed by atoms with Crippen molar-refractivity contribution in [3.8, 4) is 0 Å². The highest BCUT2D eigenvalue weighted by Crippen LogP contribution is 2.32. The van der Waals surface area contributed by atoms with Crippen LogP contribution in [0.3, 0.4) is 0 Å². The second-order valence-corrected chi connectivity index (χ2v) is 6.49. The lowest BCUT2D eigenvalue weighted by Gasteiger charge is -2.24. The van der Waals surface area contributed by atoms with Crippen molar-refractivity contribution in [2.45, 2.75) is 45.2 Å². The molecule has 1 aliphatic heterocycles. The summed E-state index contributed by atoms with van der Waals surface area (Å²) >= 11 is 0. The molecule has 2 atom stereocenters. The number of carbonyl (C=O) groups excluding carboxylic acids is 1. The highest BCUT2D eigenvalue weighted by atomic mass is 19.4. The molecule has 0 radical (unpaired) electrons. The first kappa shape index (κ1) is 18.4. The van der Waals surface area contributed by atoms with E-state index in [1.807, 2.05) is 13.8 Å². The molecule has 7 nitrogen and oxygen atoms in total. The number of ether oxygens (including phenoxy) is 1. The number of halogens is 3. The molecule has 1 N–H and O–H groups in total. The number of hydrogen-bond donors (Lipinski definition) is 1. The van der Waals surface area contributed by atoms with Crippen LogP contribution in [-0.4, -0.2) is 31.6 Å². The third kappa shape index (κ3) is 3.33. The van der Waals surface area contributed by atoms with Crippen LogP contribution in [0.25, 0.3) is 0 Å². The molecule has 0 aliphatic carbocycles. The Labute approximate surface area is 148 Å². The minimum Gasteiger partial charge on any atom is -0.369 e. The number of hydrogen-bond acceptors (Lipinski definition) is 4. The number of rotatable bonds is 3. The van der Waals surface area contributed by atoms with Gasteiger partial charge in [-0.25, -0.2) is 0 Å². The highest BCUT2D eigenvalue weighted by Gasteiger charge is 2.37. The molecule has 1 aliphatic rings. The molecule has 0 fully saturated rings. The Balaban J connectivity index is 1.83. The van der Waals surface area contributed by atoms with E-state index in [1.54, 1.807) is 7.05 Å². The standard InChI is InChI=1S/C16H20F3N5O2/c1-8-5-11-12(9(2)26-8)21-24(4)13(11)15(25)20-6-10-7-23(3)22-14(10)16(17,18)19/h7-9H,5-6H2,1-4H3,(H,20,25)/t8-,9+/m1/s1. The van der Waals surface area contributed by atoms with Crippen molar-refractivity contribution < 1.29 is 22.7 Å². The highest BCUT2D eigenvalue weighted by molar-refractivity contribution is 5.94. The minimum absolute atomic E-state index is 0.0663. The molecule has 2 aromatic rings. The van der Waals surface area contributed by atoms with Crippen LogP contribution < -0.4 is 5.32 Å². The van der Waals surface area contributed by atoms with E-state index in [4.69, 9.17) is 4.74 Å². The number of nitrogens with zero attached hydrogens (tertiary/aromatic N) is 4. The van der Waals surface area contributed by atoms with Gasteiger partial charge < -0.3 is 10.1 Å². The van der Waals surface area contributed by atoms with Crippen LogP contribution >= 0.6 is 0 Å². The number of aryl methyl sites for hydroxylation is 2. The maximum absolute atomic E-state index is 13.0. The lowest BCUT2D eigenvalue weighted by molar-refractivity contribution is -0.142. The molecule has 0 aromatic carbocycles. The summed E-state index contributed by atoms with van der Waals surface area (Å²) in [5, 5.41) is 10.3.